The largest absolute Gasteiger partial charge is 0.372 e. The maximum Gasteiger partial charge on any atom is 0.315 e. The van der Waals surface area contributed by atoms with E-state index in [9.17, 15) is 18.0 Å². The summed E-state index contributed by atoms with van der Waals surface area (Å²) in [6.07, 6.45) is 5.97. The van der Waals surface area contributed by atoms with Gasteiger partial charge in [-0.25, -0.2) is 13.2 Å². The van der Waals surface area contributed by atoms with Gasteiger partial charge in [0, 0.05) is 38.8 Å². The molecule has 0 aromatic heterocycles. The van der Waals surface area contributed by atoms with E-state index in [-0.39, 0.29) is 29.8 Å². The minimum atomic E-state index is -3.22. The van der Waals surface area contributed by atoms with Crippen LogP contribution in [0.15, 0.2) is 24.3 Å². The molecule has 1 aromatic carbocycles. The highest BCUT2D eigenvalue weighted by Crippen LogP contribution is 2.28. The summed E-state index contributed by atoms with van der Waals surface area (Å²) in [7, 11) is -1.40. The molecule has 3 fully saturated rings. The first kappa shape index (κ1) is 22.9. The highest BCUT2D eigenvalue weighted by atomic mass is 32.2. The van der Waals surface area contributed by atoms with Gasteiger partial charge in [-0.2, -0.15) is 0 Å². The van der Waals surface area contributed by atoms with E-state index in [1.807, 2.05) is 7.05 Å². The molecule has 0 aliphatic carbocycles. The molecule has 8 nitrogen and oxygen atoms in total. The van der Waals surface area contributed by atoms with E-state index in [0.29, 0.717) is 32.2 Å². The number of rotatable bonds is 8. The van der Waals surface area contributed by atoms with E-state index in [0.717, 1.165) is 18.7 Å². The Hall–Kier alpha value is -2.29. The van der Waals surface area contributed by atoms with Gasteiger partial charge in [0.25, 0.3) is 0 Å². The minimum Gasteiger partial charge on any atom is -0.372 e. The number of piperidine rings is 1. The molecule has 3 atom stereocenters. The Balaban J connectivity index is 1.20. The summed E-state index contributed by atoms with van der Waals surface area (Å²) in [4.78, 5) is 28.2. The van der Waals surface area contributed by atoms with Crippen LogP contribution < -0.4 is 15.5 Å². The lowest BCUT2D eigenvalue weighted by molar-refractivity contribution is -0.130. The lowest BCUT2D eigenvalue weighted by atomic mass is 10.0. The number of urea groups is 1. The summed E-state index contributed by atoms with van der Waals surface area (Å²) in [6, 6.07) is 7.51. The molecule has 176 valence electrons. The van der Waals surface area contributed by atoms with Crippen molar-refractivity contribution >= 4 is 27.5 Å². The van der Waals surface area contributed by atoms with Gasteiger partial charge >= 0.3 is 6.03 Å². The van der Waals surface area contributed by atoms with Crippen LogP contribution in [0.4, 0.5) is 10.5 Å². The SMILES string of the molecule is CN(Cc1ccc(N2CCCCC2)cc1)C(=O)CCCCC1C2NC(=O)NC2CS1(=O)=O. The van der Waals surface area contributed by atoms with Crippen LogP contribution in [0.3, 0.4) is 0 Å². The predicted molar refractivity (Wildman–Crippen MR) is 124 cm³/mol. The van der Waals surface area contributed by atoms with Gasteiger partial charge in [0.05, 0.1) is 23.1 Å². The summed E-state index contributed by atoms with van der Waals surface area (Å²) in [5.41, 5.74) is 2.36. The molecule has 2 N–H and O–H groups in total. The number of fused-ring (bicyclic) bond motifs is 1. The average Bonchev–Trinajstić information content (AvgIpc) is 3.23. The highest BCUT2D eigenvalue weighted by molar-refractivity contribution is 7.92. The molecule has 0 bridgehead atoms. The van der Waals surface area contributed by atoms with Gasteiger partial charge in [-0.1, -0.05) is 18.6 Å². The molecule has 0 spiro atoms. The molecule has 0 saturated carbocycles. The molecule has 32 heavy (non-hydrogen) atoms. The van der Waals surface area contributed by atoms with Crippen molar-refractivity contribution in [1.29, 1.82) is 0 Å². The molecule has 9 heteroatoms. The van der Waals surface area contributed by atoms with Gasteiger partial charge in [0.1, 0.15) is 0 Å². The van der Waals surface area contributed by atoms with Crippen molar-refractivity contribution in [3.05, 3.63) is 29.8 Å². The van der Waals surface area contributed by atoms with Gasteiger partial charge in [-0.3, -0.25) is 4.79 Å². The topological polar surface area (TPSA) is 98.8 Å². The van der Waals surface area contributed by atoms with Crippen molar-refractivity contribution in [2.24, 2.45) is 0 Å². The Kier molecular flexibility index (Phi) is 6.93. The van der Waals surface area contributed by atoms with Crippen LogP contribution in [0, 0.1) is 0 Å². The molecule has 3 amide bonds. The number of nitrogens with one attached hydrogen (secondary N) is 2. The smallest absolute Gasteiger partial charge is 0.315 e. The monoisotopic (exact) mass is 462 g/mol. The summed E-state index contributed by atoms with van der Waals surface area (Å²) in [5, 5.41) is 4.85. The maximum absolute atomic E-state index is 12.5. The number of nitrogens with zero attached hydrogens (tertiary/aromatic N) is 2. The zero-order valence-corrected chi connectivity index (χ0v) is 19.6. The minimum absolute atomic E-state index is 0.000703. The van der Waals surface area contributed by atoms with Crippen LogP contribution in [-0.2, 0) is 21.2 Å². The van der Waals surface area contributed by atoms with E-state index < -0.39 is 15.1 Å². The Morgan fingerprint density at radius 2 is 1.81 bits per heavy atom. The van der Waals surface area contributed by atoms with Crippen molar-refractivity contribution in [1.82, 2.24) is 15.5 Å². The average molecular weight is 463 g/mol. The molecule has 0 radical (unpaired) electrons. The first-order valence-corrected chi connectivity index (χ1v) is 13.4. The van der Waals surface area contributed by atoms with Crippen LogP contribution in [0.2, 0.25) is 0 Å². The van der Waals surface area contributed by atoms with Gasteiger partial charge in [0.15, 0.2) is 9.84 Å². The molecule has 1 aromatic rings. The number of hydrogen-bond acceptors (Lipinski definition) is 5. The fourth-order valence-electron chi connectivity index (χ4n) is 5.14. The number of anilines is 1. The van der Waals surface area contributed by atoms with Crippen molar-refractivity contribution in [2.75, 3.05) is 30.8 Å². The molecule has 3 saturated heterocycles. The Morgan fingerprint density at radius 1 is 1.09 bits per heavy atom. The number of benzene rings is 1. The normalized spacial score (nSPS) is 26.3. The lowest BCUT2D eigenvalue weighted by Gasteiger charge is -2.29. The summed E-state index contributed by atoms with van der Waals surface area (Å²) in [5.74, 6) is 0.0624. The van der Waals surface area contributed by atoms with Gasteiger partial charge in [-0.05, 0) is 49.8 Å². The molecule has 3 aliphatic heterocycles. The second-order valence-corrected chi connectivity index (χ2v) is 11.6. The van der Waals surface area contributed by atoms with E-state index in [1.54, 1.807) is 4.90 Å². The Labute approximate surface area is 190 Å². The summed E-state index contributed by atoms with van der Waals surface area (Å²) < 4.78 is 24.8. The van der Waals surface area contributed by atoms with Crippen molar-refractivity contribution in [3.63, 3.8) is 0 Å². The number of hydrogen-bond donors (Lipinski definition) is 2. The second kappa shape index (κ2) is 9.68. The first-order valence-electron chi connectivity index (χ1n) is 11.7. The fraction of sp³-hybridized carbons (Fsp3) is 0.652. The maximum atomic E-state index is 12.5. The number of amides is 3. The molecular formula is C23H34N4O4S. The number of unbranched alkanes of at least 4 members (excludes halogenated alkanes) is 1. The van der Waals surface area contributed by atoms with Crippen molar-refractivity contribution in [2.45, 2.75) is 68.8 Å². The van der Waals surface area contributed by atoms with Gasteiger partial charge < -0.3 is 20.4 Å². The van der Waals surface area contributed by atoms with Crippen LogP contribution >= 0.6 is 0 Å². The van der Waals surface area contributed by atoms with E-state index >= 15 is 0 Å². The van der Waals surface area contributed by atoms with E-state index in [2.05, 4.69) is 39.8 Å². The third kappa shape index (κ3) is 5.19. The van der Waals surface area contributed by atoms with E-state index in [4.69, 9.17) is 0 Å². The standard InChI is InChI=1S/C23H34N4O4S/c1-26(15-17-9-11-18(12-10-17)27-13-5-2-6-14-27)21(28)8-4-3-7-20-22-19(16-32(20,30)31)24-23(29)25-22/h9-12,19-20,22H,2-8,13-16H2,1H3,(H2,24,25,29). The molecule has 3 heterocycles. The molecule has 3 unspecified atom stereocenters. The van der Waals surface area contributed by atoms with Crippen molar-refractivity contribution < 1.29 is 18.0 Å². The summed E-state index contributed by atoms with van der Waals surface area (Å²) >= 11 is 0. The molecular weight excluding hydrogens is 428 g/mol. The summed E-state index contributed by atoms with van der Waals surface area (Å²) in [6.45, 7) is 2.80. The first-order chi connectivity index (χ1) is 15.3. The number of carbonyl (C=O) groups excluding carboxylic acids is 2. The third-order valence-corrected chi connectivity index (χ3v) is 9.23. The number of sulfone groups is 1. The van der Waals surface area contributed by atoms with Crippen LogP contribution in [-0.4, -0.2) is 68.5 Å². The van der Waals surface area contributed by atoms with Crippen LogP contribution in [0.1, 0.15) is 50.5 Å². The third-order valence-electron chi connectivity index (χ3n) is 6.95. The number of carbonyl (C=O) groups is 2. The quantitative estimate of drug-likeness (QED) is 0.455. The highest BCUT2D eigenvalue weighted by Gasteiger charge is 2.51. The predicted octanol–water partition coefficient (Wildman–Crippen LogP) is 2.04. The zero-order chi connectivity index (χ0) is 22.7. The zero-order valence-electron chi connectivity index (χ0n) is 18.8. The van der Waals surface area contributed by atoms with Crippen LogP contribution in [0.25, 0.3) is 0 Å². The van der Waals surface area contributed by atoms with Gasteiger partial charge in [-0.15, -0.1) is 0 Å². The van der Waals surface area contributed by atoms with Crippen molar-refractivity contribution in [3.8, 4) is 0 Å². The Bertz CT molecular complexity index is 928. The fourth-order valence-corrected chi connectivity index (χ4v) is 7.41. The second-order valence-electron chi connectivity index (χ2n) is 9.33. The van der Waals surface area contributed by atoms with E-state index in [1.165, 1.54) is 24.9 Å². The Morgan fingerprint density at radius 3 is 2.53 bits per heavy atom. The lowest BCUT2D eigenvalue weighted by Crippen LogP contribution is -2.39. The van der Waals surface area contributed by atoms with Gasteiger partial charge in [0.2, 0.25) is 5.91 Å². The van der Waals surface area contributed by atoms with Crippen LogP contribution in [0.5, 0.6) is 0 Å². The molecule has 3 aliphatic rings. The molecule has 4 rings (SSSR count).